The van der Waals surface area contributed by atoms with Gasteiger partial charge in [0.1, 0.15) is 23.5 Å². The van der Waals surface area contributed by atoms with Crippen LogP contribution in [0.25, 0.3) is 11.3 Å². The van der Waals surface area contributed by atoms with Crippen molar-refractivity contribution in [2.24, 2.45) is 5.73 Å². The zero-order valence-corrected chi connectivity index (χ0v) is 32.0. The first kappa shape index (κ1) is 37.9. The Morgan fingerprint density at radius 3 is 2.07 bits per heavy atom. The first-order valence-electron chi connectivity index (χ1n) is 19.4. The van der Waals surface area contributed by atoms with Crippen molar-refractivity contribution in [3.8, 4) is 23.1 Å². The van der Waals surface area contributed by atoms with Crippen molar-refractivity contribution >= 4 is 11.6 Å². The van der Waals surface area contributed by atoms with Gasteiger partial charge in [0.2, 0.25) is 5.91 Å². The number of ether oxygens (including phenoxy) is 2. The van der Waals surface area contributed by atoms with Gasteiger partial charge >= 0.3 is 0 Å². The van der Waals surface area contributed by atoms with E-state index in [9.17, 15) is 10.1 Å². The van der Waals surface area contributed by atoms with E-state index < -0.39 is 23.3 Å². The Morgan fingerprint density at radius 2 is 1.52 bits per heavy atom. The summed E-state index contributed by atoms with van der Waals surface area (Å²) in [6.45, 7) is 2.94. The summed E-state index contributed by atoms with van der Waals surface area (Å²) < 4.78 is 31.6. The molecule has 0 radical (unpaired) electrons. The van der Waals surface area contributed by atoms with Gasteiger partial charge in [-0.05, 0) is 65.1 Å². The number of amides is 1. The van der Waals surface area contributed by atoms with E-state index in [0.717, 1.165) is 22.3 Å². The molecule has 0 spiro atoms. The molecule has 288 valence electrons. The highest BCUT2D eigenvalue weighted by atomic mass is 19.1. The largest absolute Gasteiger partial charge is 0.485 e. The SMILES string of the molecule is CCc1cc(OC2CCOC2)c(F)c(C(Nc2ccc(C#N)cc2)c2nc(-c3ccccc3C(N)=O)cn2C(c2ccccc2)(c2ccccc2)c2ccccc2)c1. The van der Waals surface area contributed by atoms with Gasteiger partial charge < -0.3 is 25.1 Å². The van der Waals surface area contributed by atoms with E-state index in [2.05, 4.69) is 52.4 Å². The lowest BCUT2D eigenvalue weighted by Crippen LogP contribution is -2.39. The second-order valence-corrected chi connectivity index (χ2v) is 14.3. The number of anilines is 1. The molecule has 1 aliphatic rings. The molecule has 3 N–H and O–H groups in total. The minimum Gasteiger partial charge on any atom is -0.485 e. The molecule has 2 unspecified atom stereocenters. The molecule has 6 aromatic carbocycles. The third kappa shape index (κ3) is 7.22. The number of aromatic nitrogens is 2. The Morgan fingerprint density at radius 1 is 0.914 bits per heavy atom. The molecule has 2 atom stereocenters. The predicted octanol–water partition coefficient (Wildman–Crippen LogP) is 9.43. The highest BCUT2D eigenvalue weighted by Crippen LogP contribution is 2.45. The maximum Gasteiger partial charge on any atom is 0.249 e. The lowest BCUT2D eigenvalue weighted by molar-refractivity contribution is 0.100. The summed E-state index contributed by atoms with van der Waals surface area (Å²) >= 11 is 0. The Kier molecular flexibility index (Phi) is 10.8. The maximum absolute atomic E-state index is 17.5. The fourth-order valence-electron chi connectivity index (χ4n) is 7.93. The zero-order valence-electron chi connectivity index (χ0n) is 32.0. The normalized spacial score (nSPS) is 14.4. The van der Waals surface area contributed by atoms with Gasteiger partial charge in [-0.3, -0.25) is 4.79 Å². The third-order valence-electron chi connectivity index (χ3n) is 10.7. The molecule has 1 fully saturated rings. The van der Waals surface area contributed by atoms with Crippen molar-refractivity contribution in [2.45, 2.75) is 37.5 Å². The van der Waals surface area contributed by atoms with Gasteiger partial charge in [0.05, 0.1) is 30.5 Å². The molecule has 0 bridgehead atoms. The predicted molar refractivity (Wildman–Crippen MR) is 223 cm³/mol. The fourth-order valence-corrected chi connectivity index (χ4v) is 7.93. The minimum atomic E-state index is -1.09. The Bertz CT molecular complexity index is 2470. The number of hydrogen-bond acceptors (Lipinski definition) is 6. The van der Waals surface area contributed by atoms with Crippen LogP contribution in [-0.4, -0.2) is 34.8 Å². The average Bonchev–Trinajstić information content (AvgIpc) is 3.96. The van der Waals surface area contributed by atoms with Crippen LogP contribution in [0.4, 0.5) is 10.1 Å². The minimum absolute atomic E-state index is 0.134. The van der Waals surface area contributed by atoms with Crippen molar-refractivity contribution in [1.82, 2.24) is 9.55 Å². The molecule has 1 aliphatic heterocycles. The Labute approximate surface area is 337 Å². The zero-order chi connectivity index (χ0) is 40.1. The summed E-state index contributed by atoms with van der Waals surface area (Å²) in [4.78, 5) is 18.4. The first-order chi connectivity index (χ1) is 28.4. The fraction of sp³-hybridized carbons (Fsp3) is 0.163. The van der Waals surface area contributed by atoms with Gasteiger partial charge in [-0.25, -0.2) is 9.37 Å². The number of carbonyl (C=O) groups is 1. The first-order valence-corrected chi connectivity index (χ1v) is 19.4. The Balaban J connectivity index is 1.49. The lowest BCUT2D eigenvalue weighted by atomic mass is 9.76. The topological polar surface area (TPSA) is 115 Å². The molecule has 2 heterocycles. The van der Waals surface area contributed by atoms with Crippen LogP contribution in [0.3, 0.4) is 0 Å². The summed E-state index contributed by atoms with van der Waals surface area (Å²) in [5, 5.41) is 13.3. The number of nitrogens with two attached hydrogens (primary N) is 1. The molecular formula is C49H42FN5O3. The molecule has 7 aromatic rings. The number of carbonyl (C=O) groups excluding carboxylic acids is 1. The van der Waals surface area contributed by atoms with Crippen molar-refractivity contribution in [2.75, 3.05) is 18.5 Å². The van der Waals surface area contributed by atoms with Crippen LogP contribution in [0.1, 0.15) is 68.9 Å². The summed E-state index contributed by atoms with van der Waals surface area (Å²) in [5.41, 5.74) is 11.3. The molecule has 8 rings (SSSR count). The second-order valence-electron chi connectivity index (χ2n) is 14.3. The van der Waals surface area contributed by atoms with Gasteiger partial charge in [0.25, 0.3) is 0 Å². The third-order valence-corrected chi connectivity index (χ3v) is 10.7. The van der Waals surface area contributed by atoms with Crippen molar-refractivity contribution in [3.05, 3.63) is 208 Å². The monoisotopic (exact) mass is 767 g/mol. The molecule has 1 aromatic heterocycles. The summed E-state index contributed by atoms with van der Waals surface area (Å²) in [5.74, 6) is -0.556. The molecular weight excluding hydrogens is 726 g/mol. The van der Waals surface area contributed by atoms with Crippen LogP contribution >= 0.6 is 0 Å². The maximum atomic E-state index is 17.5. The van der Waals surface area contributed by atoms with Crippen molar-refractivity contribution in [3.63, 3.8) is 0 Å². The van der Waals surface area contributed by atoms with Crippen LogP contribution in [0.15, 0.2) is 158 Å². The Hall–Kier alpha value is -7.02. The molecule has 1 saturated heterocycles. The van der Waals surface area contributed by atoms with E-state index in [1.165, 1.54) is 0 Å². The molecule has 9 heteroatoms. The number of nitriles is 1. The second kappa shape index (κ2) is 16.6. The van der Waals surface area contributed by atoms with E-state index in [4.69, 9.17) is 20.2 Å². The van der Waals surface area contributed by atoms with Crippen molar-refractivity contribution < 1.29 is 18.7 Å². The molecule has 58 heavy (non-hydrogen) atoms. The molecule has 0 saturated carbocycles. The number of imidazole rings is 1. The smallest absolute Gasteiger partial charge is 0.249 e. The van der Waals surface area contributed by atoms with Gasteiger partial charge in [0.15, 0.2) is 11.6 Å². The molecule has 0 aliphatic carbocycles. The van der Waals surface area contributed by atoms with Crippen LogP contribution in [-0.2, 0) is 16.7 Å². The van der Waals surface area contributed by atoms with E-state index in [1.807, 2.05) is 85.9 Å². The van der Waals surface area contributed by atoms with Crippen LogP contribution in [0, 0.1) is 17.1 Å². The quantitative estimate of drug-likeness (QED) is 0.113. The van der Waals surface area contributed by atoms with Crippen LogP contribution in [0.5, 0.6) is 5.75 Å². The van der Waals surface area contributed by atoms with Gasteiger partial charge in [-0.1, -0.05) is 122 Å². The number of nitrogens with one attached hydrogen (secondary N) is 1. The number of halogens is 1. The van der Waals surface area contributed by atoms with Gasteiger partial charge in [-0.15, -0.1) is 0 Å². The average molecular weight is 768 g/mol. The lowest BCUT2D eigenvalue weighted by Gasteiger charge is -2.39. The van der Waals surface area contributed by atoms with E-state index in [0.29, 0.717) is 65.5 Å². The van der Waals surface area contributed by atoms with E-state index >= 15 is 4.39 Å². The standard InChI is InChI=1S/C49H42FN5O3/c1-2-33-28-42(45(50)44(29-33)58-39-26-27-57-32-39)46(53-38-24-22-34(30-51)23-25-38)48-54-43(40-20-12-13-21-41(40)47(52)56)31-55(48)49(35-14-6-3-7-15-35,36-16-8-4-9-17-36)37-18-10-5-11-19-37/h3-25,28-29,31,39,46,53H,2,26-27,32H2,1H3,(H2,52,56). The number of nitrogens with zero attached hydrogens (tertiary/aromatic N) is 3. The van der Waals surface area contributed by atoms with Gasteiger partial charge in [-0.2, -0.15) is 5.26 Å². The number of rotatable bonds is 13. The van der Waals surface area contributed by atoms with Gasteiger partial charge in [0, 0.05) is 35.0 Å². The number of benzene rings is 6. The van der Waals surface area contributed by atoms with Crippen LogP contribution in [0.2, 0.25) is 0 Å². The number of hydrogen-bond donors (Lipinski definition) is 2. The highest BCUT2D eigenvalue weighted by molar-refractivity contribution is 5.99. The van der Waals surface area contributed by atoms with Crippen molar-refractivity contribution in [1.29, 1.82) is 5.26 Å². The summed E-state index contributed by atoms with van der Waals surface area (Å²) in [6.07, 6.45) is 2.91. The number of aryl methyl sites for hydroxylation is 1. The molecule has 1 amide bonds. The van der Waals surface area contributed by atoms with Crippen LogP contribution < -0.4 is 15.8 Å². The van der Waals surface area contributed by atoms with E-state index in [1.54, 1.807) is 42.5 Å². The summed E-state index contributed by atoms with van der Waals surface area (Å²) in [6, 6.07) is 49.4. The summed E-state index contributed by atoms with van der Waals surface area (Å²) in [7, 11) is 0. The highest BCUT2D eigenvalue weighted by Gasteiger charge is 2.42. The molecule has 8 nitrogen and oxygen atoms in total. The number of primary amides is 1. The van der Waals surface area contributed by atoms with E-state index in [-0.39, 0.29) is 11.9 Å².